The first-order valence-corrected chi connectivity index (χ1v) is 43.4. The highest BCUT2D eigenvalue weighted by Crippen LogP contribution is 2.45. The van der Waals surface area contributed by atoms with Crippen molar-refractivity contribution in [1.29, 1.82) is 0 Å². The molecule has 0 saturated carbocycles. The average molecular weight is 1430 g/mol. The number of aliphatic hydroxyl groups excluding tert-OH is 1. The molecular formula is C79H150O17P2. The van der Waals surface area contributed by atoms with Gasteiger partial charge in [0.15, 0.2) is 12.2 Å². The summed E-state index contributed by atoms with van der Waals surface area (Å²) >= 11 is 0. The number of allylic oxidation sites excluding steroid dienone is 4. The van der Waals surface area contributed by atoms with Crippen LogP contribution in [0, 0.1) is 5.92 Å². The molecule has 0 rings (SSSR count). The van der Waals surface area contributed by atoms with Crippen LogP contribution in [0.4, 0.5) is 0 Å². The number of hydrogen-bond donors (Lipinski definition) is 3. The molecule has 19 heteroatoms. The van der Waals surface area contributed by atoms with Gasteiger partial charge < -0.3 is 33.8 Å². The number of carbonyl (C=O) groups is 4. The van der Waals surface area contributed by atoms with E-state index in [-0.39, 0.29) is 25.7 Å². The second-order valence-corrected chi connectivity index (χ2v) is 31.2. The fourth-order valence-corrected chi connectivity index (χ4v) is 13.3. The lowest BCUT2D eigenvalue weighted by Crippen LogP contribution is -2.30. The molecule has 0 radical (unpaired) electrons. The fourth-order valence-electron chi connectivity index (χ4n) is 11.7. The lowest BCUT2D eigenvalue weighted by atomic mass is 10.0. The molecule has 0 aliphatic carbocycles. The van der Waals surface area contributed by atoms with Gasteiger partial charge in [-0.1, -0.05) is 341 Å². The first-order chi connectivity index (χ1) is 47.5. The van der Waals surface area contributed by atoms with Gasteiger partial charge in [0.1, 0.15) is 19.3 Å². The van der Waals surface area contributed by atoms with Gasteiger partial charge in [0.05, 0.1) is 26.4 Å². The second kappa shape index (κ2) is 71.5. The Kier molecular flexibility index (Phi) is 69.7. The number of unbranched alkanes of at least 4 members (excludes halogenated alkanes) is 46. The van der Waals surface area contributed by atoms with Crippen LogP contribution < -0.4 is 0 Å². The summed E-state index contributed by atoms with van der Waals surface area (Å²) in [6.45, 7) is 7.25. The van der Waals surface area contributed by atoms with Gasteiger partial charge in [0, 0.05) is 25.7 Å². The van der Waals surface area contributed by atoms with E-state index in [1.165, 1.54) is 205 Å². The van der Waals surface area contributed by atoms with Crippen molar-refractivity contribution >= 4 is 39.5 Å². The number of ether oxygens (including phenoxy) is 4. The molecule has 0 aromatic carbocycles. The number of aliphatic hydroxyl groups is 1. The number of phosphoric acid groups is 2. The van der Waals surface area contributed by atoms with Gasteiger partial charge in [-0.2, -0.15) is 0 Å². The van der Waals surface area contributed by atoms with Gasteiger partial charge in [-0.05, 0) is 57.3 Å². The highest BCUT2D eigenvalue weighted by molar-refractivity contribution is 7.47. The van der Waals surface area contributed by atoms with Gasteiger partial charge in [-0.3, -0.25) is 37.3 Å². The van der Waals surface area contributed by atoms with Crippen LogP contribution in [-0.2, 0) is 65.4 Å². The zero-order valence-corrected chi connectivity index (χ0v) is 65.2. The summed E-state index contributed by atoms with van der Waals surface area (Å²) in [7, 11) is -9.93. The van der Waals surface area contributed by atoms with Crippen molar-refractivity contribution in [3.63, 3.8) is 0 Å². The Bertz CT molecular complexity index is 1970. The van der Waals surface area contributed by atoms with Crippen molar-refractivity contribution < 1.29 is 80.2 Å². The molecule has 17 nitrogen and oxygen atoms in total. The Morgan fingerprint density at radius 3 is 0.837 bits per heavy atom. The van der Waals surface area contributed by atoms with Crippen molar-refractivity contribution in [2.24, 2.45) is 5.92 Å². The van der Waals surface area contributed by atoms with E-state index in [0.29, 0.717) is 25.7 Å². The van der Waals surface area contributed by atoms with Crippen LogP contribution in [0.3, 0.4) is 0 Å². The molecular weight excluding hydrogens is 1280 g/mol. The molecule has 578 valence electrons. The molecule has 0 heterocycles. The molecule has 0 aliphatic rings. The Labute approximate surface area is 599 Å². The molecule has 98 heavy (non-hydrogen) atoms. The maximum absolute atomic E-state index is 13.1. The van der Waals surface area contributed by atoms with E-state index < -0.39 is 97.5 Å². The van der Waals surface area contributed by atoms with E-state index in [0.717, 1.165) is 109 Å². The predicted molar refractivity (Wildman–Crippen MR) is 400 cm³/mol. The zero-order valence-electron chi connectivity index (χ0n) is 63.4. The molecule has 3 N–H and O–H groups in total. The molecule has 2 unspecified atom stereocenters. The normalized spacial score (nSPS) is 14.1. The summed E-state index contributed by atoms with van der Waals surface area (Å²) in [6, 6.07) is 0. The summed E-state index contributed by atoms with van der Waals surface area (Å²) in [5.41, 5.74) is 0. The molecule has 0 spiro atoms. The molecule has 0 amide bonds. The number of carbonyl (C=O) groups excluding carboxylic acids is 4. The lowest BCUT2D eigenvalue weighted by molar-refractivity contribution is -0.161. The Morgan fingerprint density at radius 2 is 0.551 bits per heavy atom. The van der Waals surface area contributed by atoms with E-state index in [9.17, 15) is 43.2 Å². The summed E-state index contributed by atoms with van der Waals surface area (Å²) in [6.07, 6.45) is 64.6. The maximum atomic E-state index is 13.1. The quantitative estimate of drug-likeness (QED) is 0.0169. The minimum absolute atomic E-state index is 0.0853. The second-order valence-electron chi connectivity index (χ2n) is 28.2. The number of rotatable bonds is 77. The zero-order chi connectivity index (χ0) is 71.9. The molecule has 0 saturated heterocycles. The third-order valence-electron chi connectivity index (χ3n) is 17.9. The van der Waals surface area contributed by atoms with E-state index in [4.69, 9.17) is 37.0 Å². The SMILES string of the molecule is CCCCCC/C=C\C=C/CCCCCCCC(=O)O[C@H](COC(=O)CCCCCCCCCCC)COP(=O)(O)OC[C@H](O)COP(=O)(O)OC[C@@H](COC(=O)CCCCCCCCCCCCCCCC(C)C)OC(=O)CCCCCCCCCCCCCCCCCCCC. The maximum Gasteiger partial charge on any atom is 0.472 e. The van der Waals surface area contributed by atoms with Crippen molar-refractivity contribution in [2.45, 2.75) is 412 Å². The summed E-state index contributed by atoms with van der Waals surface area (Å²) in [5, 5.41) is 10.6. The van der Waals surface area contributed by atoms with Crippen molar-refractivity contribution in [2.75, 3.05) is 39.6 Å². The summed E-state index contributed by atoms with van der Waals surface area (Å²) < 4.78 is 68.6. The Balaban J connectivity index is 5.26. The first-order valence-electron chi connectivity index (χ1n) is 40.5. The van der Waals surface area contributed by atoms with E-state index in [1.54, 1.807) is 0 Å². The highest BCUT2D eigenvalue weighted by atomic mass is 31.2. The fraction of sp³-hybridized carbons (Fsp3) is 0.899. The monoisotopic (exact) mass is 1430 g/mol. The van der Waals surface area contributed by atoms with Gasteiger partial charge >= 0.3 is 39.5 Å². The first kappa shape index (κ1) is 95.5. The van der Waals surface area contributed by atoms with Crippen LogP contribution in [0.2, 0.25) is 0 Å². The van der Waals surface area contributed by atoms with Crippen molar-refractivity contribution in [1.82, 2.24) is 0 Å². The smallest absolute Gasteiger partial charge is 0.462 e. The van der Waals surface area contributed by atoms with Gasteiger partial charge in [0.25, 0.3) is 0 Å². The van der Waals surface area contributed by atoms with Crippen LogP contribution in [0.5, 0.6) is 0 Å². The van der Waals surface area contributed by atoms with Crippen molar-refractivity contribution in [3.05, 3.63) is 24.3 Å². The summed E-state index contributed by atoms with van der Waals surface area (Å²) in [4.78, 5) is 72.9. The standard InChI is InChI=1S/C79H150O17P2/c1-6-9-12-15-18-21-23-25-27-28-29-31-35-40-45-50-55-60-65-79(84)96-75(69-90-77(82)63-58-53-48-43-38-36-32-33-37-42-46-51-56-61-72(4)5)71-94-98(87,88)92-67-73(80)66-91-97(85,86)93-70-74(68-89-76(81)62-57-52-47-41-20-17-14-11-8-3)95-78(83)64-59-54-49-44-39-34-30-26-24-22-19-16-13-10-7-2/h22,24,26,30,72-75,80H,6-21,23,25,27-29,31-71H2,1-5H3,(H,85,86)(H,87,88)/b24-22-,30-26-/t73-,74+,75+/m0/s1. The molecule has 0 bridgehead atoms. The third-order valence-corrected chi connectivity index (χ3v) is 19.8. The van der Waals surface area contributed by atoms with Crippen LogP contribution in [0.15, 0.2) is 24.3 Å². The lowest BCUT2D eigenvalue weighted by Gasteiger charge is -2.21. The van der Waals surface area contributed by atoms with Crippen LogP contribution in [0.1, 0.15) is 394 Å². The largest absolute Gasteiger partial charge is 0.472 e. The van der Waals surface area contributed by atoms with E-state index in [1.807, 2.05) is 0 Å². The van der Waals surface area contributed by atoms with Crippen LogP contribution >= 0.6 is 15.6 Å². The summed E-state index contributed by atoms with van der Waals surface area (Å²) in [5.74, 6) is -1.35. The molecule has 0 aliphatic heterocycles. The molecule has 0 aromatic heterocycles. The number of esters is 4. The molecule has 5 atom stereocenters. The van der Waals surface area contributed by atoms with E-state index >= 15 is 0 Å². The number of phosphoric ester groups is 2. The number of hydrogen-bond acceptors (Lipinski definition) is 15. The van der Waals surface area contributed by atoms with Gasteiger partial charge in [0.2, 0.25) is 0 Å². The van der Waals surface area contributed by atoms with Gasteiger partial charge in [-0.25, -0.2) is 9.13 Å². The van der Waals surface area contributed by atoms with Crippen molar-refractivity contribution in [3.8, 4) is 0 Å². The van der Waals surface area contributed by atoms with Crippen LogP contribution in [-0.4, -0.2) is 96.7 Å². The molecule has 0 fully saturated rings. The molecule has 0 aromatic rings. The highest BCUT2D eigenvalue weighted by Gasteiger charge is 2.30. The minimum atomic E-state index is -4.96. The Hall–Kier alpha value is -2.46. The average Bonchev–Trinajstić information content (AvgIpc) is 0.989. The Morgan fingerprint density at radius 1 is 0.316 bits per heavy atom. The predicted octanol–water partition coefficient (Wildman–Crippen LogP) is 23.2. The minimum Gasteiger partial charge on any atom is -0.462 e. The van der Waals surface area contributed by atoms with E-state index in [2.05, 4.69) is 58.9 Å². The van der Waals surface area contributed by atoms with Gasteiger partial charge in [-0.15, -0.1) is 0 Å². The van der Waals surface area contributed by atoms with Crippen LogP contribution in [0.25, 0.3) is 0 Å². The third kappa shape index (κ3) is 71.9. The topological polar surface area (TPSA) is 237 Å².